The summed E-state index contributed by atoms with van der Waals surface area (Å²) >= 11 is 0. The zero-order valence-corrected chi connectivity index (χ0v) is 16.2. The molecule has 0 fully saturated rings. The average molecular weight is 380 g/mol. The molecule has 2 aromatic carbocycles. The summed E-state index contributed by atoms with van der Waals surface area (Å²) in [6, 6.07) is 18.4. The Hall–Kier alpha value is -1.59. The standard InChI is InChI=1S/C21H29NO3.ClH/c1-18(16-24)22(14-15-23)13-5-6-19-9-11-20(12-10-19)17-25-21-7-3-2-4-8-21;/h2-4,7-12,18,23-24H,5-6,13-17H2,1H3;1H. The van der Waals surface area contributed by atoms with Crippen LogP contribution in [0.1, 0.15) is 24.5 Å². The van der Waals surface area contributed by atoms with Gasteiger partial charge in [0.1, 0.15) is 12.4 Å². The van der Waals surface area contributed by atoms with Crippen molar-refractivity contribution in [2.24, 2.45) is 0 Å². The fraction of sp³-hybridized carbons (Fsp3) is 0.429. The molecular formula is C21H30ClNO3. The molecule has 0 saturated carbocycles. The van der Waals surface area contributed by atoms with Gasteiger partial charge in [-0.3, -0.25) is 4.90 Å². The van der Waals surface area contributed by atoms with E-state index in [1.807, 2.05) is 37.3 Å². The van der Waals surface area contributed by atoms with E-state index in [2.05, 4.69) is 29.2 Å². The van der Waals surface area contributed by atoms with Crippen molar-refractivity contribution >= 4 is 12.4 Å². The van der Waals surface area contributed by atoms with Gasteiger partial charge in [0.15, 0.2) is 0 Å². The van der Waals surface area contributed by atoms with Crippen molar-refractivity contribution in [2.75, 3.05) is 26.3 Å². The normalized spacial score (nSPS) is 11.8. The second kappa shape index (κ2) is 12.7. The van der Waals surface area contributed by atoms with Crippen molar-refractivity contribution in [1.29, 1.82) is 0 Å². The van der Waals surface area contributed by atoms with Crippen LogP contribution in [0.25, 0.3) is 0 Å². The van der Waals surface area contributed by atoms with Crippen molar-refractivity contribution in [2.45, 2.75) is 32.4 Å². The number of aliphatic hydroxyl groups excluding tert-OH is 2. The molecule has 1 atom stereocenters. The molecule has 0 aliphatic rings. The first-order valence-corrected chi connectivity index (χ1v) is 8.94. The Labute approximate surface area is 162 Å². The van der Waals surface area contributed by atoms with Crippen LogP contribution >= 0.6 is 12.4 Å². The Bertz CT molecular complexity index is 592. The van der Waals surface area contributed by atoms with Crippen molar-refractivity contribution < 1.29 is 14.9 Å². The van der Waals surface area contributed by atoms with E-state index in [9.17, 15) is 5.11 Å². The van der Waals surface area contributed by atoms with Crippen LogP contribution in [-0.4, -0.2) is 47.5 Å². The van der Waals surface area contributed by atoms with Crippen LogP contribution in [-0.2, 0) is 13.0 Å². The van der Waals surface area contributed by atoms with E-state index < -0.39 is 0 Å². The van der Waals surface area contributed by atoms with Gasteiger partial charge >= 0.3 is 0 Å². The van der Waals surface area contributed by atoms with E-state index in [1.54, 1.807) is 0 Å². The lowest BCUT2D eigenvalue weighted by molar-refractivity contribution is 0.110. The molecule has 0 radical (unpaired) electrons. The van der Waals surface area contributed by atoms with Gasteiger partial charge in [0.2, 0.25) is 0 Å². The van der Waals surface area contributed by atoms with Crippen LogP contribution in [0.5, 0.6) is 5.75 Å². The average Bonchev–Trinajstić information content (AvgIpc) is 2.67. The lowest BCUT2D eigenvalue weighted by Gasteiger charge is -2.26. The third-order valence-corrected chi connectivity index (χ3v) is 4.36. The maximum Gasteiger partial charge on any atom is 0.119 e. The fourth-order valence-corrected chi connectivity index (χ4v) is 2.77. The third kappa shape index (κ3) is 7.75. The topological polar surface area (TPSA) is 52.9 Å². The van der Waals surface area contributed by atoms with Gasteiger partial charge in [-0.1, -0.05) is 42.5 Å². The van der Waals surface area contributed by atoms with Gasteiger partial charge in [-0.15, -0.1) is 12.4 Å². The van der Waals surface area contributed by atoms with E-state index in [4.69, 9.17) is 9.84 Å². The summed E-state index contributed by atoms with van der Waals surface area (Å²) in [6.45, 7) is 4.29. The minimum Gasteiger partial charge on any atom is -0.489 e. The molecule has 0 aromatic heterocycles. The fourth-order valence-electron chi connectivity index (χ4n) is 2.77. The number of rotatable bonds is 11. The molecule has 2 aromatic rings. The van der Waals surface area contributed by atoms with Gasteiger partial charge in [-0.25, -0.2) is 0 Å². The summed E-state index contributed by atoms with van der Waals surface area (Å²) in [5, 5.41) is 18.4. The SMILES string of the molecule is CC(CO)N(CCO)CCCc1ccc(COc2ccccc2)cc1.Cl. The molecule has 0 amide bonds. The van der Waals surface area contributed by atoms with E-state index in [0.717, 1.165) is 30.7 Å². The first kappa shape index (κ1) is 22.5. The lowest BCUT2D eigenvalue weighted by Crippen LogP contribution is -2.38. The van der Waals surface area contributed by atoms with Gasteiger partial charge in [0.05, 0.1) is 13.2 Å². The highest BCUT2D eigenvalue weighted by atomic mass is 35.5. The summed E-state index contributed by atoms with van der Waals surface area (Å²) < 4.78 is 5.76. The number of hydrogen-bond donors (Lipinski definition) is 2. The minimum absolute atomic E-state index is 0. The van der Waals surface area contributed by atoms with Gasteiger partial charge in [0, 0.05) is 12.6 Å². The van der Waals surface area contributed by atoms with Gasteiger partial charge in [-0.05, 0) is 49.6 Å². The molecule has 2 rings (SSSR count). The second-order valence-electron chi connectivity index (χ2n) is 6.31. The van der Waals surface area contributed by atoms with E-state index in [-0.39, 0.29) is 31.7 Å². The van der Waals surface area contributed by atoms with E-state index >= 15 is 0 Å². The molecule has 5 heteroatoms. The Morgan fingerprint density at radius 2 is 1.58 bits per heavy atom. The largest absolute Gasteiger partial charge is 0.489 e. The van der Waals surface area contributed by atoms with E-state index in [1.165, 1.54) is 5.56 Å². The smallest absolute Gasteiger partial charge is 0.119 e. The summed E-state index contributed by atoms with van der Waals surface area (Å²) in [5.74, 6) is 0.883. The molecule has 0 bridgehead atoms. The molecule has 0 aliphatic carbocycles. The molecule has 2 N–H and O–H groups in total. The van der Waals surface area contributed by atoms with Crippen molar-refractivity contribution in [3.8, 4) is 5.75 Å². The first-order valence-electron chi connectivity index (χ1n) is 8.94. The molecule has 26 heavy (non-hydrogen) atoms. The van der Waals surface area contributed by atoms with Gasteiger partial charge in [-0.2, -0.15) is 0 Å². The Balaban J connectivity index is 0.00000338. The third-order valence-electron chi connectivity index (χ3n) is 4.36. The molecule has 4 nitrogen and oxygen atoms in total. The second-order valence-corrected chi connectivity index (χ2v) is 6.31. The first-order chi connectivity index (χ1) is 12.2. The monoisotopic (exact) mass is 379 g/mol. The number of benzene rings is 2. The number of ether oxygens (including phenoxy) is 1. The molecule has 0 saturated heterocycles. The highest BCUT2D eigenvalue weighted by molar-refractivity contribution is 5.85. The molecule has 0 aliphatic heterocycles. The number of halogens is 1. The minimum atomic E-state index is 0. The molecule has 0 spiro atoms. The highest BCUT2D eigenvalue weighted by Gasteiger charge is 2.11. The lowest BCUT2D eigenvalue weighted by atomic mass is 10.1. The van der Waals surface area contributed by atoms with Crippen LogP contribution in [0, 0.1) is 0 Å². The van der Waals surface area contributed by atoms with Crippen LogP contribution in [0.3, 0.4) is 0 Å². The molecular weight excluding hydrogens is 350 g/mol. The van der Waals surface area contributed by atoms with Crippen LogP contribution in [0.2, 0.25) is 0 Å². The predicted molar refractivity (Wildman–Crippen MR) is 108 cm³/mol. The summed E-state index contributed by atoms with van der Waals surface area (Å²) in [4.78, 5) is 2.13. The van der Waals surface area contributed by atoms with Crippen molar-refractivity contribution in [1.82, 2.24) is 4.90 Å². The Morgan fingerprint density at radius 3 is 2.19 bits per heavy atom. The molecule has 0 heterocycles. The van der Waals surface area contributed by atoms with Crippen molar-refractivity contribution in [3.63, 3.8) is 0 Å². The summed E-state index contributed by atoms with van der Waals surface area (Å²) in [7, 11) is 0. The zero-order valence-electron chi connectivity index (χ0n) is 15.4. The van der Waals surface area contributed by atoms with Gasteiger partial charge in [0.25, 0.3) is 0 Å². The zero-order chi connectivity index (χ0) is 17.9. The highest BCUT2D eigenvalue weighted by Crippen LogP contribution is 2.13. The Kier molecular flexibility index (Phi) is 11.0. The van der Waals surface area contributed by atoms with Crippen LogP contribution < -0.4 is 4.74 Å². The predicted octanol–water partition coefficient (Wildman–Crippen LogP) is 3.30. The molecule has 144 valence electrons. The quantitative estimate of drug-likeness (QED) is 0.629. The number of nitrogens with zero attached hydrogens (tertiary/aromatic N) is 1. The Morgan fingerprint density at radius 1 is 0.923 bits per heavy atom. The van der Waals surface area contributed by atoms with Gasteiger partial charge < -0.3 is 14.9 Å². The summed E-state index contributed by atoms with van der Waals surface area (Å²) in [5.41, 5.74) is 2.45. The summed E-state index contributed by atoms with van der Waals surface area (Å²) in [6.07, 6.45) is 1.99. The number of aryl methyl sites for hydroxylation is 1. The van der Waals surface area contributed by atoms with Crippen LogP contribution in [0.4, 0.5) is 0 Å². The van der Waals surface area contributed by atoms with E-state index in [0.29, 0.717) is 13.2 Å². The number of para-hydroxylation sites is 1. The maximum atomic E-state index is 9.28. The number of aliphatic hydroxyl groups is 2. The number of hydrogen-bond acceptors (Lipinski definition) is 4. The molecule has 1 unspecified atom stereocenters. The van der Waals surface area contributed by atoms with Crippen molar-refractivity contribution in [3.05, 3.63) is 65.7 Å². The maximum absolute atomic E-state index is 9.28. The van der Waals surface area contributed by atoms with Crippen LogP contribution in [0.15, 0.2) is 54.6 Å².